The Morgan fingerprint density at radius 2 is 1.67 bits per heavy atom. The third kappa shape index (κ3) is 7.88. The van der Waals surface area contributed by atoms with Crippen LogP contribution in [0.15, 0.2) is 47.1 Å². The Labute approximate surface area is 185 Å². The molecule has 1 aliphatic heterocycles. The van der Waals surface area contributed by atoms with Crippen molar-refractivity contribution in [3.63, 3.8) is 0 Å². The summed E-state index contributed by atoms with van der Waals surface area (Å²) in [6, 6.07) is 3.99. The highest BCUT2D eigenvalue weighted by Gasteiger charge is 2.32. The molecule has 0 radical (unpaired) electrons. The minimum Gasteiger partial charge on any atom is -0.487 e. The molecule has 0 aromatic heterocycles. The van der Waals surface area contributed by atoms with Crippen molar-refractivity contribution in [1.82, 2.24) is 0 Å². The van der Waals surface area contributed by atoms with Crippen LogP contribution in [0.25, 0.3) is 0 Å². The molecule has 2 nitrogen and oxygen atoms in total. The van der Waals surface area contributed by atoms with Gasteiger partial charge in [-0.3, -0.25) is 4.57 Å². The highest BCUT2D eigenvalue weighted by molar-refractivity contribution is 7.34. The van der Waals surface area contributed by atoms with Crippen LogP contribution < -0.4 is 10.0 Å². The van der Waals surface area contributed by atoms with Crippen molar-refractivity contribution >= 4 is 13.8 Å². The van der Waals surface area contributed by atoms with Gasteiger partial charge in [0.2, 0.25) is 0 Å². The summed E-state index contributed by atoms with van der Waals surface area (Å²) in [5.74, 6) is 1.01. The largest absolute Gasteiger partial charge is 0.487 e. The minimum absolute atomic E-state index is 0.0865. The van der Waals surface area contributed by atoms with Crippen LogP contribution in [0.4, 0.5) is 0 Å². The number of benzene rings is 1. The Hall–Kier alpha value is -1.66. The second-order valence-corrected chi connectivity index (χ2v) is 10.1. The molecule has 3 heteroatoms. The first-order chi connectivity index (χ1) is 14.2. The van der Waals surface area contributed by atoms with Crippen LogP contribution in [-0.2, 0) is 11.0 Å². The standard InChI is InChI=1S/C27H39O2P/c1-20(2)10-7-11-21(3)12-8-13-22(4)14-9-16-27(6)17-15-24-19-25(30-28)18-23(5)26(24)29-27/h10,12,14,18-19H,7-9,11,13,15-17H2,1-6H3/b21-12+,22-14+/t27-/m1/s1. The van der Waals surface area contributed by atoms with Crippen LogP contribution in [0.5, 0.6) is 5.75 Å². The van der Waals surface area contributed by atoms with Crippen molar-refractivity contribution in [3.8, 4) is 5.75 Å². The molecule has 0 saturated heterocycles. The summed E-state index contributed by atoms with van der Waals surface area (Å²) in [4.78, 5) is 0. The minimum atomic E-state index is -0.118. The number of hydrogen-bond donors (Lipinski definition) is 0. The predicted octanol–water partition coefficient (Wildman–Crippen LogP) is 8.20. The van der Waals surface area contributed by atoms with E-state index in [1.807, 2.05) is 12.1 Å². The maximum atomic E-state index is 11.2. The molecule has 0 N–H and O–H groups in total. The lowest BCUT2D eigenvalue weighted by Crippen LogP contribution is -2.36. The van der Waals surface area contributed by atoms with Gasteiger partial charge >= 0.3 is 0 Å². The molecule has 1 heterocycles. The first-order valence-corrected chi connectivity index (χ1v) is 12.1. The van der Waals surface area contributed by atoms with Crippen LogP contribution in [0.2, 0.25) is 0 Å². The van der Waals surface area contributed by atoms with Crippen LogP contribution in [-0.4, -0.2) is 5.60 Å². The molecule has 0 aliphatic carbocycles. The summed E-state index contributed by atoms with van der Waals surface area (Å²) in [6.07, 6.45) is 15.8. The molecule has 0 fully saturated rings. The van der Waals surface area contributed by atoms with E-state index < -0.39 is 0 Å². The zero-order valence-corrected chi connectivity index (χ0v) is 20.7. The average Bonchev–Trinajstić information content (AvgIpc) is 2.68. The van der Waals surface area contributed by atoms with Crippen LogP contribution in [0, 0.1) is 6.92 Å². The molecular weight excluding hydrogens is 387 g/mol. The monoisotopic (exact) mass is 426 g/mol. The normalized spacial score (nSPS) is 19.4. The summed E-state index contributed by atoms with van der Waals surface area (Å²) >= 11 is 0. The Morgan fingerprint density at radius 1 is 1.03 bits per heavy atom. The van der Waals surface area contributed by atoms with E-state index in [2.05, 4.69) is 59.8 Å². The molecule has 1 aromatic carbocycles. The first kappa shape index (κ1) is 24.6. The summed E-state index contributed by atoms with van der Waals surface area (Å²) in [5.41, 5.74) is 6.55. The van der Waals surface area contributed by atoms with Gasteiger partial charge in [0.15, 0.2) is 8.46 Å². The van der Waals surface area contributed by atoms with Gasteiger partial charge in [0.25, 0.3) is 0 Å². The van der Waals surface area contributed by atoms with Gasteiger partial charge in [-0.05, 0) is 116 Å². The quantitative estimate of drug-likeness (QED) is 0.278. The summed E-state index contributed by atoms with van der Waals surface area (Å²) < 4.78 is 17.7. The molecule has 0 bridgehead atoms. The molecule has 0 amide bonds. The Kier molecular flexibility index (Phi) is 9.56. The van der Waals surface area contributed by atoms with Gasteiger partial charge < -0.3 is 4.74 Å². The van der Waals surface area contributed by atoms with E-state index >= 15 is 0 Å². The molecule has 0 unspecified atom stereocenters. The predicted molar refractivity (Wildman–Crippen MR) is 130 cm³/mol. The van der Waals surface area contributed by atoms with E-state index in [0.717, 1.165) is 61.6 Å². The number of aryl methyl sites for hydroxylation is 2. The molecule has 1 aliphatic rings. The summed E-state index contributed by atoms with van der Waals surface area (Å²) in [5, 5.41) is 0.846. The van der Waals surface area contributed by atoms with E-state index in [1.54, 1.807) is 0 Å². The maximum absolute atomic E-state index is 11.2. The zero-order chi connectivity index (χ0) is 22.1. The van der Waals surface area contributed by atoms with Crippen LogP contribution in [0.1, 0.15) is 90.7 Å². The van der Waals surface area contributed by atoms with Crippen LogP contribution in [0.3, 0.4) is 0 Å². The average molecular weight is 427 g/mol. The topological polar surface area (TPSA) is 26.3 Å². The molecule has 0 spiro atoms. The third-order valence-electron chi connectivity index (χ3n) is 6.00. The first-order valence-electron chi connectivity index (χ1n) is 11.3. The smallest absolute Gasteiger partial charge is 0.192 e. The molecule has 30 heavy (non-hydrogen) atoms. The fraction of sp³-hybridized carbons (Fsp3) is 0.556. The van der Waals surface area contributed by atoms with Crippen molar-refractivity contribution in [2.45, 2.75) is 98.5 Å². The van der Waals surface area contributed by atoms with Crippen molar-refractivity contribution in [2.75, 3.05) is 0 Å². The molecule has 164 valence electrons. The van der Waals surface area contributed by atoms with Gasteiger partial charge in [0.05, 0.1) is 0 Å². The van der Waals surface area contributed by atoms with Gasteiger partial charge in [-0.15, -0.1) is 0 Å². The second kappa shape index (κ2) is 11.7. The van der Waals surface area contributed by atoms with Gasteiger partial charge in [0, 0.05) is 5.30 Å². The van der Waals surface area contributed by atoms with E-state index in [0.29, 0.717) is 0 Å². The second-order valence-electron chi connectivity index (χ2n) is 9.39. The number of fused-ring (bicyclic) bond motifs is 1. The van der Waals surface area contributed by atoms with Gasteiger partial charge in [0.1, 0.15) is 11.4 Å². The Morgan fingerprint density at radius 3 is 2.30 bits per heavy atom. The molecule has 0 saturated carbocycles. The molecule has 1 aromatic rings. The fourth-order valence-corrected chi connectivity index (χ4v) is 4.50. The lowest BCUT2D eigenvalue weighted by molar-refractivity contribution is 0.0564. The van der Waals surface area contributed by atoms with Crippen molar-refractivity contribution < 1.29 is 9.30 Å². The SMILES string of the molecule is CC(C)=CCC/C(C)=C/CC/C(C)=C/CC[C@]1(C)CCc2cc(P=O)cc(C)c2O1. The summed E-state index contributed by atoms with van der Waals surface area (Å²) in [7, 11) is 0.0865. The number of allylic oxidation sites excluding steroid dienone is 6. The Balaban J connectivity index is 1.82. The van der Waals surface area contributed by atoms with E-state index in [1.165, 1.54) is 28.7 Å². The van der Waals surface area contributed by atoms with Crippen molar-refractivity contribution in [2.24, 2.45) is 0 Å². The van der Waals surface area contributed by atoms with Crippen molar-refractivity contribution in [3.05, 3.63) is 58.2 Å². The van der Waals surface area contributed by atoms with E-state index in [-0.39, 0.29) is 14.1 Å². The van der Waals surface area contributed by atoms with Crippen LogP contribution >= 0.6 is 8.46 Å². The molecule has 1 atom stereocenters. The lowest BCUT2D eigenvalue weighted by atomic mass is 9.87. The Bertz CT molecular complexity index is 828. The van der Waals surface area contributed by atoms with Gasteiger partial charge in [-0.2, -0.15) is 0 Å². The van der Waals surface area contributed by atoms with Crippen molar-refractivity contribution in [1.29, 1.82) is 0 Å². The van der Waals surface area contributed by atoms with E-state index in [4.69, 9.17) is 4.74 Å². The number of rotatable bonds is 10. The molecule has 2 rings (SSSR count). The highest BCUT2D eigenvalue weighted by Crippen LogP contribution is 2.38. The van der Waals surface area contributed by atoms with E-state index in [9.17, 15) is 4.57 Å². The van der Waals surface area contributed by atoms with Gasteiger partial charge in [-0.25, -0.2) is 0 Å². The zero-order valence-electron chi connectivity index (χ0n) is 19.8. The number of hydrogen-bond acceptors (Lipinski definition) is 2. The van der Waals surface area contributed by atoms with Gasteiger partial charge in [-0.1, -0.05) is 34.9 Å². The summed E-state index contributed by atoms with van der Waals surface area (Å²) in [6.45, 7) is 13.1. The molecular formula is C27H39O2P. The lowest BCUT2D eigenvalue weighted by Gasteiger charge is -2.36. The maximum Gasteiger partial charge on any atom is 0.192 e. The fourth-order valence-electron chi connectivity index (χ4n) is 4.05. The third-order valence-corrected chi connectivity index (χ3v) is 6.47. The number of ether oxygens (including phenoxy) is 1. The highest BCUT2D eigenvalue weighted by atomic mass is 31.1.